The van der Waals surface area contributed by atoms with E-state index in [0.29, 0.717) is 5.82 Å². The highest BCUT2D eigenvalue weighted by molar-refractivity contribution is 7.92. The molecular formula is C9H10N4O2S. The van der Waals surface area contributed by atoms with Gasteiger partial charge in [-0.1, -0.05) is 6.07 Å². The van der Waals surface area contributed by atoms with Crippen LogP contribution < -0.4 is 4.31 Å². The van der Waals surface area contributed by atoms with Gasteiger partial charge in [0.25, 0.3) is 10.0 Å². The van der Waals surface area contributed by atoms with Gasteiger partial charge in [-0.05, 0) is 12.1 Å². The van der Waals surface area contributed by atoms with Gasteiger partial charge >= 0.3 is 0 Å². The molecule has 84 valence electrons. The maximum atomic E-state index is 12.0. The van der Waals surface area contributed by atoms with E-state index in [0.717, 1.165) is 4.31 Å². The summed E-state index contributed by atoms with van der Waals surface area (Å²) in [5, 5.41) is 6.08. The second kappa shape index (κ2) is 3.93. The molecule has 2 heterocycles. The molecule has 0 atom stereocenters. The molecule has 0 fully saturated rings. The molecule has 0 saturated heterocycles. The van der Waals surface area contributed by atoms with E-state index in [-0.39, 0.29) is 4.90 Å². The molecule has 1 N–H and O–H groups in total. The van der Waals surface area contributed by atoms with Crippen molar-refractivity contribution in [2.45, 2.75) is 4.90 Å². The number of nitrogens with zero attached hydrogens (tertiary/aromatic N) is 3. The normalized spacial score (nSPS) is 11.3. The lowest BCUT2D eigenvalue weighted by molar-refractivity contribution is 0.594. The largest absolute Gasteiger partial charge is 0.284 e. The van der Waals surface area contributed by atoms with Crippen LogP contribution in [0.5, 0.6) is 0 Å². The quantitative estimate of drug-likeness (QED) is 0.850. The van der Waals surface area contributed by atoms with Crippen molar-refractivity contribution in [2.75, 3.05) is 11.4 Å². The zero-order valence-corrected chi connectivity index (χ0v) is 9.35. The van der Waals surface area contributed by atoms with Crippen LogP contribution in [0.25, 0.3) is 0 Å². The SMILES string of the molecule is CN(c1ccccn1)S(=O)(=O)c1cn[nH]c1. The molecule has 0 aliphatic carbocycles. The summed E-state index contributed by atoms with van der Waals surface area (Å²) in [5.74, 6) is 0.365. The summed E-state index contributed by atoms with van der Waals surface area (Å²) in [5.41, 5.74) is 0. The maximum Gasteiger partial charge on any atom is 0.268 e. The Balaban J connectivity index is 2.40. The number of rotatable bonds is 3. The van der Waals surface area contributed by atoms with Crippen LogP contribution in [0.15, 0.2) is 41.7 Å². The average molecular weight is 238 g/mol. The van der Waals surface area contributed by atoms with Crippen LogP contribution in [0.1, 0.15) is 0 Å². The fourth-order valence-electron chi connectivity index (χ4n) is 1.20. The molecule has 6 nitrogen and oxygen atoms in total. The van der Waals surface area contributed by atoms with E-state index in [1.807, 2.05) is 0 Å². The minimum absolute atomic E-state index is 0.112. The third kappa shape index (κ3) is 1.76. The zero-order valence-electron chi connectivity index (χ0n) is 8.53. The first-order chi connectivity index (χ1) is 7.62. The van der Waals surface area contributed by atoms with Gasteiger partial charge in [-0.2, -0.15) is 5.10 Å². The van der Waals surface area contributed by atoms with Crippen molar-refractivity contribution in [3.8, 4) is 0 Å². The van der Waals surface area contributed by atoms with Gasteiger partial charge < -0.3 is 0 Å². The number of H-pyrrole nitrogens is 1. The van der Waals surface area contributed by atoms with Crippen molar-refractivity contribution >= 4 is 15.8 Å². The summed E-state index contributed by atoms with van der Waals surface area (Å²) < 4.78 is 25.1. The van der Waals surface area contributed by atoms with Gasteiger partial charge in [0, 0.05) is 19.4 Å². The highest BCUT2D eigenvalue weighted by atomic mass is 32.2. The topological polar surface area (TPSA) is 79.0 Å². The summed E-state index contributed by atoms with van der Waals surface area (Å²) in [6.07, 6.45) is 4.13. The molecule has 0 saturated carbocycles. The standard InChI is InChI=1S/C9H10N4O2S/c1-13(9-4-2-3-5-10-9)16(14,15)8-6-11-12-7-8/h2-7H,1H3,(H,11,12). The Bertz CT molecular complexity index is 550. The Kier molecular flexibility index (Phi) is 2.61. The van der Waals surface area contributed by atoms with Crippen LogP contribution in [0.4, 0.5) is 5.82 Å². The number of aromatic amines is 1. The summed E-state index contributed by atoms with van der Waals surface area (Å²) in [7, 11) is -2.12. The summed E-state index contributed by atoms with van der Waals surface area (Å²) in [4.78, 5) is 4.08. The molecule has 0 amide bonds. The first kappa shape index (κ1) is 10.6. The number of sulfonamides is 1. The molecule has 0 unspecified atom stereocenters. The average Bonchev–Trinajstić information content (AvgIpc) is 2.83. The van der Waals surface area contributed by atoms with Crippen LogP contribution in [0, 0.1) is 0 Å². The van der Waals surface area contributed by atoms with Crippen molar-refractivity contribution < 1.29 is 8.42 Å². The van der Waals surface area contributed by atoms with Crippen LogP contribution in [-0.4, -0.2) is 30.6 Å². The number of anilines is 1. The predicted molar refractivity (Wildman–Crippen MR) is 58.4 cm³/mol. The van der Waals surface area contributed by atoms with E-state index < -0.39 is 10.0 Å². The van der Waals surface area contributed by atoms with E-state index in [4.69, 9.17) is 0 Å². The molecule has 2 rings (SSSR count). The van der Waals surface area contributed by atoms with Crippen molar-refractivity contribution in [3.63, 3.8) is 0 Å². The smallest absolute Gasteiger partial charge is 0.268 e. The summed E-state index contributed by atoms with van der Waals surface area (Å²) in [6, 6.07) is 5.07. The molecule has 0 bridgehead atoms. The maximum absolute atomic E-state index is 12.0. The van der Waals surface area contributed by atoms with Crippen molar-refractivity contribution in [2.24, 2.45) is 0 Å². The Morgan fingerprint density at radius 1 is 1.38 bits per heavy atom. The lowest BCUT2D eigenvalue weighted by atomic mass is 10.5. The highest BCUT2D eigenvalue weighted by Gasteiger charge is 2.22. The lowest BCUT2D eigenvalue weighted by Crippen LogP contribution is -2.26. The van der Waals surface area contributed by atoms with E-state index in [1.54, 1.807) is 18.2 Å². The number of nitrogens with one attached hydrogen (secondary N) is 1. The Labute approximate surface area is 93.0 Å². The Hall–Kier alpha value is -1.89. The van der Waals surface area contributed by atoms with Crippen LogP contribution in [-0.2, 0) is 10.0 Å². The van der Waals surface area contributed by atoms with Gasteiger partial charge in [-0.15, -0.1) is 0 Å². The molecule has 2 aromatic heterocycles. The Morgan fingerprint density at radius 3 is 2.75 bits per heavy atom. The van der Waals surface area contributed by atoms with E-state index >= 15 is 0 Å². The molecule has 0 spiro atoms. The third-order valence-corrected chi connectivity index (χ3v) is 3.83. The number of pyridine rings is 1. The lowest BCUT2D eigenvalue weighted by Gasteiger charge is -2.16. The van der Waals surface area contributed by atoms with E-state index in [9.17, 15) is 8.42 Å². The summed E-state index contributed by atoms with van der Waals surface area (Å²) >= 11 is 0. The van der Waals surface area contributed by atoms with Gasteiger partial charge in [0.1, 0.15) is 10.7 Å². The summed E-state index contributed by atoms with van der Waals surface area (Å²) in [6.45, 7) is 0. The van der Waals surface area contributed by atoms with Crippen LogP contribution in [0.2, 0.25) is 0 Å². The van der Waals surface area contributed by atoms with Crippen molar-refractivity contribution in [3.05, 3.63) is 36.8 Å². The second-order valence-corrected chi connectivity index (χ2v) is 5.06. The first-order valence-corrected chi connectivity index (χ1v) is 5.95. The van der Waals surface area contributed by atoms with Gasteiger partial charge in [-0.3, -0.25) is 9.40 Å². The number of aromatic nitrogens is 3. The van der Waals surface area contributed by atoms with E-state index in [2.05, 4.69) is 15.2 Å². The van der Waals surface area contributed by atoms with Gasteiger partial charge in [-0.25, -0.2) is 13.4 Å². The van der Waals surface area contributed by atoms with Gasteiger partial charge in [0.15, 0.2) is 0 Å². The van der Waals surface area contributed by atoms with Gasteiger partial charge in [0.2, 0.25) is 0 Å². The fourth-order valence-corrected chi connectivity index (χ4v) is 2.26. The molecule has 0 aliphatic rings. The minimum atomic E-state index is -3.57. The van der Waals surface area contributed by atoms with Gasteiger partial charge in [0.05, 0.1) is 6.20 Å². The highest BCUT2D eigenvalue weighted by Crippen LogP contribution is 2.17. The second-order valence-electron chi connectivity index (χ2n) is 3.09. The first-order valence-electron chi connectivity index (χ1n) is 4.51. The molecule has 16 heavy (non-hydrogen) atoms. The molecule has 0 aromatic carbocycles. The van der Waals surface area contributed by atoms with Crippen molar-refractivity contribution in [1.82, 2.24) is 15.2 Å². The molecule has 0 aliphatic heterocycles. The van der Waals surface area contributed by atoms with Crippen molar-refractivity contribution in [1.29, 1.82) is 0 Å². The predicted octanol–water partition coefficient (Wildman–Crippen LogP) is 0.630. The molecule has 7 heteroatoms. The molecular weight excluding hydrogens is 228 g/mol. The van der Waals surface area contributed by atoms with Crippen LogP contribution in [0.3, 0.4) is 0 Å². The molecule has 0 radical (unpaired) electrons. The zero-order chi connectivity index (χ0) is 11.6. The number of hydrogen-bond acceptors (Lipinski definition) is 4. The molecule has 2 aromatic rings. The Morgan fingerprint density at radius 2 is 2.19 bits per heavy atom. The third-order valence-electron chi connectivity index (χ3n) is 2.10. The monoisotopic (exact) mass is 238 g/mol. The minimum Gasteiger partial charge on any atom is -0.284 e. The number of hydrogen-bond donors (Lipinski definition) is 1. The fraction of sp³-hybridized carbons (Fsp3) is 0.111. The van der Waals surface area contributed by atoms with E-state index in [1.165, 1.54) is 25.6 Å². The van der Waals surface area contributed by atoms with Crippen LogP contribution >= 0.6 is 0 Å².